The first kappa shape index (κ1) is 92.5. The van der Waals surface area contributed by atoms with Gasteiger partial charge in [0, 0.05) is 231 Å². The number of ketones is 1. The molecule has 0 radical (unpaired) electrons. The fraction of sp³-hybridized carbons (Fsp3) is 0.0900. The van der Waals surface area contributed by atoms with Crippen LogP contribution in [0.15, 0.2) is 335 Å². The molecule has 5 N–H and O–H groups in total. The van der Waals surface area contributed by atoms with Crippen molar-refractivity contribution in [1.82, 2.24) is 123 Å². The molecule has 37 nitrogen and oxygen atoms in total. The highest BCUT2D eigenvalue weighted by Crippen LogP contribution is 2.34. The first-order valence-corrected chi connectivity index (χ1v) is 43.3. The number of Topliss-reactive ketones (excluding diaryl/α,β-unsaturated/α-hetero) is 1. The Morgan fingerprint density at radius 1 is 0.304 bits per heavy atom. The van der Waals surface area contributed by atoms with Crippen LogP contribution in [0.3, 0.4) is 0 Å². The van der Waals surface area contributed by atoms with Crippen molar-refractivity contribution in [3.05, 3.63) is 350 Å². The molecule has 0 amide bonds. The van der Waals surface area contributed by atoms with Crippen LogP contribution in [0.25, 0.3) is 114 Å². The van der Waals surface area contributed by atoms with Gasteiger partial charge in [0.2, 0.25) is 29.7 Å². The second-order valence-electron chi connectivity index (χ2n) is 30.1. The van der Waals surface area contributed by atoms with E-state index in [0.29, 0.717) is 58.2 Å². The van der Waals surface area contributed by atoms with Crippen molar-refractivity contribution in [3.8, 4) is 131 Å². The van der Waals surface area contributed by atoms with Gasteiger partial charge < -0.3 is 63.6 Å². The molecule has 20 rings (SSSR count). The van der Waals surface area contributed by atoms with Crippen molar-refractivity contribution >= 4 is 85.6 Å². The van der Waals surface area contributed by atoms with Crippen LogP contribution in [0.1, 0.15) is 17.3 Å². The number of ether oxygens (including phenoxy) is 3. The minimum Gasteiger partial charge on any atom is -0.497 e. The highest BCUT2D eigenvalue weighted by atomic mass is 79.9. The predicted molar refractivity (Wildman–Crippen MR) is 530 cm³/mol. The number of hydrogen-bond acceptors (Lipinski definition) is 31. The molecule has 0 saturated heterocycles. The van der Waals surface area contributed by atoms with Crippen LogP contribution in [-0.2, 0) is 35.2 Å². The monoisotopic (exact) mass is 1900 g/mol. The van der Waals surface area contributed by atoms with Gasteiger partial charge in [-0.1, -0.05) is 40.2 Å². The minimum atomic E-state index is -0.441. The lowest BCUT2D eigenvalue weighted by atomic mass is 10.1. The average molecular weight is 1900 g/mol. The van der Waals surface area contributed by atoms with E-state index in [1.54, 1.807) is 182 Å². The zero-order valence-electron chi connectivity index (χ0n) is 75.6. The van der Waals surface area contributed by atoms with E-state index in [2.05, 4.69) is 142 Å². The van der Waals surface area contributed by atoms with E-state index in [9.17, 15) is 14.9 Å². The number of methoxy groups -OCH3 is 3. The van der Waals surface area contributed by atoms with Gasteiger partial charge in [-0.3, -0.25) is 39.8 Å². The van der Waals surface area contributed by atoms with Crippen molar-refractivity contribution < 1.29 is 23.9 Å². The molecule has 20 aromatic rings. The summed E-state index contributed by atoms with van der Waals surface area (Å²) in [6.45, 7) is 1.54. The Bertz CT molecular complexity index is 7540. The maximum absolute atomic E-state index is 11.6. The summed E-state index contributed by atoms with van der Waals surface area (Å²) >= 11 is 3.46. The van der Waals surface area contributed by atoms with Crippen LogP contribution in [0, 0.1) is 10.1 Å². The molecule has 0 bridgehead atoms. The first-order chi connectivity index (χ1) is 67.3. The molecule has 0 spiro atoms. The largest absolute Gasteiger partial charge is 0.497 e. The zero-order chi connectivity index (χ0) is 95.8. The SMILES string of the molecule is CC(=O)c1cccc(Nc2nccc(-c3cnc(-c4cccnc4)n3C)n2)c1.COc1cc(Nc2nccc(-c3cnc(-c4cccnc4)n3C)n2)cc(OC)c1.COc1cccc(Nc2nccc(-c3cnc(-c4cccnc4)n3C)n2)c1.Cn1c(-c2ccnc(Nc3ccc([N+](=O)[O-])cc3)n2)cnc1-c1cccnc1.Cn1c(-c2ccnc(Nc3cccc(Br)c3)n2)cnc1-c1cccnc1. The lowest BCUT2D eigenvalue weighted by Crippen LogP contribution is -2.01. The van der Waals surface area contributed by atoms with Crippen LogP contribution in [0.4, 0.5) is 63.9 Å². The number of non-ortho nitro benzene ring substituents is 1. The van der Waals surface area contributed by atoms with Crippen molar-refractivity contribution in [2.24, 2.45) is 35.2 Å². The Morgan fingerprint density at radius 2 is 0.594 bits per heavy atom. The molecular weight excluding hydrogens is 1810 g/mol. The third-order valence-corrected chi connectivity index (χ3v) is 21.5. The summed E-state index contributed by atoms with van der Waals surface area (Å²) < 4.78 is 26.8. The third kappa shape index (κ3) is 23.0. The second kappa shape index (κ2) is 44.0. The number of carbonyl (C=O) groups is 1. The number of nitro benzene ring substituents is 1. The third-order valence-electron chi connectivity index (χ3n) is 21.0. The number of aromatic nitrogens is 25. The fourth-order valence-corrected chi connectivity index (χ4v) is 14.5. The molecule has 0 unspecified atom stereocenters. The van der Waals surface area contributed by atoms with E-state index < -0.39 is 4.92 Å². The summed E-state index contributed by atoms with van der Waals surface area (Å²) in [5.41, 5.74) is 17.4. The molecule has 5 aromatic carbocycles. The molecule has 15 heterocycles. The molecule has 0 aliphatic rings. The number of benzene rings is 5. The Labute approximate surface area is 798 Å². The number of nitro groups is 1. The number of halogens is 1. The molecule has 0 saturated carbocycles. The van der Waals surface area contributed by atoms with E-state index in [4.69, 9.17) is 14.2 Å². The van der Waals surface area contributed by atoms with Gasteiger partial charge in [-0.15, -0.1) is 0 Å². The highest BCUT2D eigenvalue weighted by Gasteiger charge is 2.21. The second-order valence-corrected chi connectivity index (χ2v) is 31.0. The van der Waals surface area contributed by atoms with Gasteiger partial charge in [-0.25, -0.2) is 74.8 Å². The predicted octanol–water partition coefficient (Wildman–Crippen LogP) is 19.3. The summed E-state index contributed by atoms with van der Waals surface area (Å²) in [4.78, 5) is 110. The van der Waals surface area contributed by atoms with Gasteiger partial charge in [0.1, 0.15) is 46.4 Å². The number of nitrogens with one attached hydrogen (secondary N) is 5. The topological polar surface area (TPSA) is 430 Å². The lowest BCUT2D eigenvalue weighted by molar-refractivity contribution is -0.384. The molecule has 684 valence electrons. The molecule has 0 fully saturated rings. The summed E-state index contributed by atoms with van der Waals surface area (Å²) in [7, 11) is 14.6. The number of nitrogens with zero attached hydrogens (tertiary/aromatic N) is 26. The summed E-state index contributed by atoms with van der Waals surface area (Å²) in [5, 5.41) is 26.6. The fourth-order valence-electron chi connectivity index (χ4n) is 14.1. The molecule has 0 aliphatic heterocycles. The highest BCUT2D eigenvalue weighted by molar-refractivity contribution is 9.10. The smallest absolute Gasteiger partial charge is 0.269 e. The standard InChI is InChI=1S/C21H20N6O2.C21H18N6O.C20H18N6O.C19H15BrN6.C19H15N7O2/c1-27-19(13-24-20(27)14-5-4-7-22-12-14)18-6-8-23-21(26-18)25-15-9-16(28-2)11-17(10-15)29-3;1-14(28)15-5-3-7-17(11-15)25-21-23-10-8-18(26-21)19-13-24-20(27(19)2)16-6-4-9-22-12-16;1-26-18(13-23-19(26)14-5-4-9-21-12-14)17-8-10-22-20(25-17)24-15-6-3-7-16(11-15)27-2;1-26-17(12-23-18(26)13-4-3-8-21-11-13)16-7-9-22-19(25-16)24-15-6-2-5-14(20)10-15;1-25-17(12-22-18(25)13-3-2-9-20-11-13)16-8-10-21-19(24-16)23-14-4-6-15(7-5-14)26(27)28/h4-13H,1-3H3,(H,23,25,26);3-13H,1-2H3,(H,23,25,26);3-13H,1-2H3,(H,22,24,25);2-12H,1H3,(H,22,24,25);2-12H,1H3,(H,21,23,24). The first-order valence-electron chi connectivity index (χ1n) is 42.5. The normalized spacial score (nSPS) is 10.6. The van der Waals surface area contributed by atoms with Crippen LogP contribution in [-0.4, -0.2) is 155 Å². The Morgan fingerprint density at radius 3 is 0.891 bits per heavy atom. The van der Waals surface area contributed by atoms with Crippen molar-refractivity contribution in [1.29, 1.82) is 0 Å². The average Bonchev–Trinajstić information content (AvgIpc) is 1.68. The minimum absolute atomic E-state index is 0.0103. The van der Waals surface area contributed by atoms with E-state index in [1.165, 1.54) is 12.1 Å². The molecule has 38 heteroatoms. The van der Waals surface area contributed by atoms with Crippen molar-refractivity contribution in [2.75, 3.05) is 47.9 Å². The Hall–Kier alpha value is -18.7. The molecule has 138 heavy (non-hydrogen) atoms. The van der Waals surface area contributed by atoms with E-state index in [1.807, 2.05) is 222 Å². The van der Waals surface area contributed by atoms with Gasteiger partial charge in [-0.05, 0) is 153 Å². The quantitative estimate of drug-likeness (QED) is 0.0201. The molecule has 0 atom stereocenters. The number of carbonyl (C=O) groups excluding carboxylic acids is 1. The van der Waals surface area contributed by atoms with Gasteiger partial charge in [-0.2, -0.15) is 0 Å². The number of hydrogen-bond donors (Lipinski definition) is 5. The van der Waals surface area contributed by atoms with E-state index in [-0.39, 0.29) is 11.5 Å². The number of rotatable bonds is 25. The zero-order valence-corrected chi connectivity index (χ0v) is 77.2. The van der Waals surface area contributed by atoms with Crippen LogP contribution in [0.5, 0.6) is 17.2 Å². The Balaban J connectivity index is 0.000000125. The van der Waals surface area contributed by atoms with E-state index in [0.717, 1.165) is 141 Å². The lowest BCUT2D eigenvalue weighted by Gasteiger charge is -2.11. The summed E-state index contributed by atoms with van der Waals surface area (Å²) in [6, 6.07) is 62.8. The van der Waals surface area contributed by atoms with Crippen LogP contribution >= 0.6 is 15.9 Å². The van der Waals surface area contributed by atoms with Crippen LogP contribution < -0.4 is 40.8 Å². The van der Waals surface area contributed by atoms with E-state index >= 15 is 0 Å². The van der Waals surface area contributed by atoms with Gasteiger partial charge in [0.05, 0.1) is 114 Å². The number of pyridine rings is 5. The number of imidazole rings is 5. The molecule has 15 aromatic heterocycles. The maximum Gasteiger partial charge on any atom is 0.269 e. The summed E-state index contributed by atoms with van der Waals surface area (Å²) in [6.07, 6.45) is 35.0. The van der Waals surface area contributed by atoms with Gasteiger partial charge in [0.15, 0.2) is 5.78 Å². The number of anilines is 10. The Kier molecular flexibility index (Phi) is 29.5. The van der Waals surface area contributed by atoms with Gasteiger partial charge in [0.25, 0.3) is 5.69 Å². The van der Waals surface area contributed by atoms with Gasteiger partial charge >= 0.3 is 0 Å². The van der Waals surface area contributed by atoms with Crippen molar-refractivity contribution in [3.63, 3.8) is 0 Å². The van der Waals surface area contributed by atoms with Crippen molar-refractivity contribution in [2.45, 2.75) is 6.92 Å². The maximum atomic E-state index is 11.6. The molecule has 0 aliphatic carbocycles. The van der Waals surface area contributed by atoms with Crippen LogP contribution in [0.2, 0.25) is 0 Å². The molecular formula is C100H86BrN31O6. The summed E-state index contributed by atoms with van der Waals surface area (Å²) in [5.74, 6) is 8.55.